The van der Waals surface area contributed by atoms with E-state index in [0.29, 0.717) is 12.1 Å². The van der Waals surface area contributed by atoms with E-state index >= 15 is 0 Å². The van der Waals surface area contributed by atoms with E-state index in [1.807, 2.05) is 24.3 Å². The molecule has 0 aliphatic heterocycles. The molecular formula is C12H10BrNO2S. The lowest BCUT2D eigenvalue weighted by molar-refractivity contribution is 0.0697. The SMILES string of the molecule is O=C(O)c1csc(CNc2ccccc2Br)c1. The summed E-state index contributed by atoms with van der Waals surface area (Å²) in [5.41, 5.74) is 1.34. The number of halogens is 1. The van der Waals surface area contributed by atoms with Crippen LogP contribution in [0, 0.1) is 0 Å². The van der Waals surface area contributed by atoms with Crippen LogP contribution in [0.15, 0.2) is 40.2 Å². The first-order chi connectivity index (χ1) is 8.16. The second-order valence-corrected chi connectivity index (χ2v) is 5.29. The maximum Gasteiger partial charge on any atom is 0.336 e. The number of carboxylic acids is 1. The number of para-hydroxylation sites is 1. The van der Waals surface area contributed by atoms with Gasteiger partial charge in [0.15, 0.2) is 0 Å². The van der Waals surface area contributed by atoms with Gasteiger partial charge in [-0.3, -0.25) is 0 Å². The molecule has 17 heavy (non-hydrogen) atoms. The highest BCUT2D eigenvalue weighted by atomic mass is 79.9. The van der Waals surface area contributed by atoms with Crippen molar-refractivity contribution in [3.8, 4) is 0 Å². The smallest absolute Gasteiger partial charge is 0.336 e. The average Bonchev–Trinajstić information content (AvgIpc) is 2.77. The van der Waals surface area contributed by atoms with Gasteiger partial charge in [0.25, 0.3) is 0 Å². The maximum absolute atomic E-state index is 10.7. The predicted octanol–water partition coefficient (Wildman–Crippen LogP) is 3.82. The van der Waals surface area contributed by atoms with Crippen LogP contribution < -0.4 is 5.32 Å². The van der Waals surface area contributed by atoms with Gasteiger partial charge in [-0.25, -0.2) is 4.79 Å². The molecule has 2 aromatic rings. The van der Waals surface area contributed by atoms with Gasteiger partial charge in [-0.1, -0.05) is 12.1 Å². The minimum Gasteiger partial charge on any atom is -0.478 e. The molecule has 2 N–H and O–H groups in total. The molecule has 88 valence electrons. The summed E-state index contributed by atoms with van der Waals surface area (Å²) in [6.45, 7) is 0.626. The Kier molecular flexibility index (Phi) is 3.81. The van der Waals surface area contributed by atoms with E-state index < -0.39 is 5.97 Å². The molecule has 0 unspecified atom stereocenters. The number of thiophene rings is 1. The van der Waals surface area contributed by atoms with Crippen LogP contribution >= 0.6 is 27.3 Å². The Morgan fingerprint density at radius 1 is 1.41 bits per heavy atom. The van der Waals surface area contributed by atoms with Crippen molar-refractivity contribution in [2.24, 2.45) is 0 Å². The lowest BCUT2D eigenvalue weighted by Gasteiger charge is -2.06. The van der Waals surface area contributed by atoms with E-state index in [4.69, 9.17) is 5.11 Å². The zero-order chi connectivity index (χ0) is 12.3. The number of anilines is 1. The third-order valence-corrected chi connectivity index (χ3v) is 3.86. The number of carboxylic acid groups (broad SMARTS) is 1. The zero-order valence-electron chi connectivity index (χ0n) is 8.81. The molecule has 1 aromatic heterocycles. The van der Waals surface area contributed by atoms with Crippen LogP contribution in [0.5, 0.6) is 0 Å². The molecule has 0 saturated carbocycles. The van der Waals surface area contributed by atoms with Crippen molar-refractivity contribution in [1.29, 1.82) is 0 Å². The number of carbonyl (C=O) groups is 1. The van der Waals surface area contributed by atoms with Gasteiger partial charge in [-0.05, 0) is 34.1 Å². The Hall–Kier alpha value is -1.33. The minimum atomic E-state index is -0.881. The first-order valence-corrected chi connectivity index (χ1v) is 6.63. The standard InChI is InChI=1S/C12H10BrNO2S/c13-10-3-1-2-4-11(10)14-6-9-5-8(7-17-9)12(15)16/h1-5,7,14H,6H2,(H,15,16). The third kappa shape index (κ3) is 3.08. The van der Waals surface area contributed by atoms with Gasteiger partial charge in [0.1, 0.15) is 0 Å². The van der Waals surface area contributed by atoms with Gasteiger partial charge in [0.2, 0.25) is 0 Å². The van der Waals surface area contributed by atoms with Crippen molar-refractivity contribution in [1.82, 2.24) is 0 Å². The Labute approximate surface area is 111 Å². The second kappa shape index (κ2) is 5.33. The molecule has 1 heterocycles. The number of nitrogens with one attached hydrogen (secondary N) is 1. The molecule has 0 bridgehead atoms. The Balaban J connectivity index is 2.02. The molecule has 1 aromatic carbocycles. The van der Waals surface area contributed by atoms with Crippen molar-refractivity contribution < 1.29 is 9.90 Å². The largest absolute Gasteiger partial charge is 0.478 e. The highest BCUT2D eigenvalue weighted by molar-refractivity contribution is 9.10. The van der Waals surface area contributed by atoms with E-state index in [2.05, 4.69) is 21.2 Å². The fraction of sp³-hybridized carbons (Fsp3) is 0.0833. The van der Waals surface area contributed by atoms with Crippen molar-refractivity contribution in [3.63, 3.8) is 0 Å². The summed E-state index contributed by atoms with van der Waals surface area (Å²) < 4.78 is 0.995. The molecule has 0 aliphatic carbocycles. The molecule has 0 fully saturated rings. The minimum absolute atomic E-state index is 0.346. The average molecular weight is 312 g/mol. The lowest BCUT2D eigenvalue weighted by Crippen LogP contribution is -1.98. The monoisotopic (exact) mass is 311 g/mol. The van der Waals surface area contributed by atoms with Crippen molar-refractivity contribution >= 4 is 38.9 Å². The van der Waals surface area contributed by atoms with E-state index in [9.17, 15) is 4.79 Å². The van der Waals surface area contributed by atoms with Crippen LogP contribution in [0.1, 0.15) is 15.2 Å². The molecule has 5 heteroatoms. The summed E-state index contributed by atoms with van der Waals surface area (Å²) in [5, 5.41) is 13.7. The summed E-state index contributed by atoms with van der Waals surface area (Å²) >= 11 is 4.89. The topological polar surface area (TPSA) is 49.3 Å². The van der Waals surface area contributed by atoms with Crippen molar-refractivity contribution in [3.05, 3.63) is 50.6 Å². The predicted molar refractivity (Wildman–Crippen MR) is 72.7 cm³/mol. The molecule has 0 amide bonds. The first kappa shape index (κ1) is 12.1. The maximum atomic E-state index is 10.7. The normalized spacial score (nSPS) is 10.2. The number of aromatic carboxylic acids is 1. The van der Waals surface area contributed by atoms with Crippen LogP contribution in [0.2, 0.25) is 0 Å². The Bertz CT molecular complexity index is 539. The molecule has 0 saturated heterocycles. The van der Waals surface area contributed by atoms with E-state index in [1.165, 1.54) is 11.3 Å². The van der Waals surface area contributed by atoms with E-state index in [0.717, 1.165) is 15.0 Å². The molecule has 3 nitrogen and oxygen atoms in total. The van der Waals surface area contributed by atoms with Crippen LogP contribution in [0.3, 0.4) is 0 Å². The van der Waals surface area contributed by atoms with Gasteiger partial charge < -0.3 is 10.4 Å². The Morgan fingerprint density at radius 2 is 2.18 bits per heavy atom. The van der Waals surface area contributed by atoms with Crippen LogP contribution in [0.4, 0.5) is 5.69 Å². The molecule has 0 atom stereocenters. The number of rotatable bonds is 4. The van der Waals surface area contributed by atoms with Crippen molar-refractivity contribution in [2.45, 2.75) is 6.54 Å². The van der Waals surface area contributed by atoms with E-state index in [1.54, 1.807) is 11.4 Å². The third-order valence-electron chi connectivity index (χ3n) is 2.23. The van der Waals surface area contributed by atoms with Gasteiger partial charge in [-0.2, -0.15) is 0 Å². The molecule has 0 aliphatic rings. The molecule has 0 spiro atoms. The second-order valence-electron chi connectivity index (χ2n) is 3.44. The molecule has 2 rings (SSSR count). The van der Waals surface area contributed by atoms with Gasteiger partial charge in [0.05, 0.1) is 5.56 Å². The van der Waals surface area contributed by atoms with Gasteiger partial charge in [0, 0.05) is 27.0 Å². The van der Waals surface area contributed by atoms with Crippen molar-refractivity contribution in [2.75, 3.05) is 5.32 Å². The number of hydrogen-bond donors (Lipinski definition) is 2. The lowest BCUT2D eigenvalue weighted by atomic mass is 10.3. The fourth-order valence-electron chi connectivity index (χ4n) is 1.37. The fourth-order valence-corrected chi connectivity index (χ4v) is 2.60. The molecule has 0 radical (unpaired) electrons. The summed E-state index contributed by atoms with van der Waals surface area (Å²) in [6, 6.07) is 9.51. The van der Waals surface area contributed by atoms with Gasteiger partial charge >= 0.3 is 5.97 Å². The van der Waals surface area contributed by atoms with Crippen LogP contribution in [-0.4, -0.2) is 11.1 Å². The first-order valence-electron chi connectivity index (χ1n) is 4.96. The summed E-state index contributed by atoms with van der Waals surface area (Å²) in [4.78, 5) is 11.7. The summed E-state index contributed by atoms with van der Waals surface area (Å²) in [5.74, 6) is -0.881. The number of hydrogen-bond acceptors (Lipinski definition) is 3. The summed E-state index contributed by atoms with van der Waals surface area (Å²) in [7, 11) is 0. The van der Waals surface area contributed by atoms with Crippen LogP contribution in [0.25, 0.3) is 0 Å². The molecular weight excluding hydrogens is 302 g/mol. The highest BCUT2D eigenvalue weighted by Gasteiger charge is 2.06. The quantitative estimate of drug-likeness (QED) is 0.902. The van der Waals surface area contributed by atoms with Gasteiger partial charge in [-0.15, -0.1) is 11.3 Å². The highest BCUT2D eigenvalue weighted by Crippen LogP contribution is 2.23. The Morgan fingerprint density at radius 3 is 2.82 bits per heavy atom. The van der Waals surface area contributed by atoms with Crippen LogP contribution in [-0.2, 0) is 6.54 Å². The van der Waals surface area contributed by atoms with E-state index in [-0.39, 0.29) is 0 Å². The summed E-state index contributed by atoms with van der Waals surface area (Å²) in [6.07, 6.45) is 0. The zero-order valence-corrected chi connectivity index (χ0v) is 11.2. The number of benzene rings is 1.